The van der Waals surface area contributed by atoms with Crippen LogP contribution in [0.5, 0.6) is 11.5 Å². The number of ether oxygens (including phenoxy) is 2. The first-order valence-electron chi connectivity index (χ1n) is 11.0. The number of aromatic amines is 2. The van der Waals surface area contributed by atoms with Crippen molar-refractivity contribution in [3.63, 3.8) is 0 Å². The topological polar surface area (TPSA) is 84.2 Å². The van der Waals surface area contributed by atoms with E-state index in [4.69, 9.17) is 9.47 Å². The molecule has 2 aromatic heterocycles. The number of aryl methyl sites for hydroxylation is 2. The van der Waals surface area contributed by atoms with Crippen LogP contribution >= 0.6 is 0 Å². The number of hydrogen-bond acceptors (Lipinski definition) is 4. The van der Waals surface area contributed by atoms with Gasteiger partial charge < -0.3 is 19.4 Å². The van der Waals surface area contributed by atoms with Crippen molar-refractivity contribution in [3.8, 4) is 11.5 Å². The number of aromatic nitrogens is 2. The van der Waals surface area contributed by atoms with E-state index in [1.165, 1.54) is 0 Å². The highest BCUT2D eigenvalue weighted by atomic mass is 16.5. The van der Waals surface area contributed by atoms with Gasteiger partial charge in [-0.2, -0.15) is 0 Å². The highest BCUT2D eigenvalue weighted by Crippen LogP contribution is 2.31. The second-order valence-electron chi connectivity index (χ2n) is 8.41. The highest BCUT2D eigenvalue weighted by molar-refractivity contribution is 5.88. The maximum Gasteiger partial charge on any atom is 0.193 e. The zero-order chi connectivity index (χ0) is 22.6. The number of nitrogens with one attached hydrogen (secondary N) is 2. The standard InChI is InChI=1S/C26H26N2O4/c1-5-31-21-9-13(3)7-17-23(21)27-19-11-16-20(12-15(19)25(17)29)28-24-18(26(16)30)8-14(4)10-22(24)32-6-2/h7-10H,5-6,11-12H2,1-4H3,(H,27,29)(H,28,30). The molecule has 32 heavy (non-hydrogen) atoms. The Kier molecular flexibility index (Phi) is 4.81. The second-order valence-corrected chi connectivity index (χ2v) is 8.41. The minimum Gasteiger partial charge on any atom is -0.492 e. The molecule has 1 aliphatic carbocycles. The lowest BCUT2D eigenvalue weighted by Crippen LogP contribution is -2.26. The minimum atomic E-state index is -0.0149. The molecule has 164 valence electrons. The van der Waals surface area contributed by atoms with E-state index >= 15 is 0 Å². The predicted molar refractivity (Wildman–Crippen MR) is 127 cm³/mol. The smallest absolute Gasteiger partial charge is 0.193 e. The van der Waals surface area contributed by atoms with Gasteiger partial charge in [-0.15, -0.1) is 0 Å². The van der Waals surface area contributed by atoms with Crippen molar-refractivity contribution < 1.29 is 9.47 Å². The van der Waals surface area contributed by atoms with Gasteiger partial charge in [-0.05, 0) is 63.1 Å². The van der Waals surface area contributed by atoms with Gasteiger partial charge in [0.05, 0.1) is 24.2 Å². The van der Waals surface area contributed by atoms with Crippen molar-refractivity contribution in [2.24, 2.45) is 0 Å². The fourth-order valence-electron chi connectivity index (χ4n) is 4.74. The average molecular weight is 431 g/mol. The van der Waals surface area contributed by atoms with Crippen LogP contribution in [0, 0.1) is 13.8 Å². The monoisotopic (exact) mass is 430 g/mol. The van der Waals surface area contributed by atoms with Gasteiger partial charge in [0, 0.05) is 46.1 Å². The van der Waals surface area contributed by atoms with Crippen molar-refractivity contribution in [1.29, 1.82) is 0 Å². The maximum atomic E-state index is 13.5. The van der Waals surface area contributed by atoms with Gasteiger partial charge in [0.25, 0.3) is 0 Å². The number of rotatable bonds is 4. The molecule has 4 aromatic rings. The summed E-state index contributed by atoms with van der Waals surface area (Å²) in [5.41, 5.74) is 6.24. The molecular formula is C26H26N2O4. The summed E-state index contributed by atoms with van der Waals surface area (Å²) in [4.78, 5) is 33.8. The number of H-pyrrole nitrogens is 2. The predicted octanol–water partition coefficient (Wildman–Crippen LogP) is 4.28. The molecule has 2 aromatic carbocycles. The molecule has 0 bridgehead atoms. The van der Waals surface area contributed by atoms with E-state index in [1.807, 2.05) is 52.0 Å². The van der Waals surface area contributed by atoms with E-state index in [0.29, 0.717) is 70.5 Å². The van der Waals surface area contributed by atoms with Crippen molar-refractivity contribution in [3.05, 3.63) is 78.4 Å². The van der Waals surface area contributed by atoms with Crippen LogP contribution in [0.15, 0.2) is 33.9 Å². The van der Waals surface area contributed by atoms with Gasteiger partial charge in [-0.1, -0.05) is 0 Å². The van der Waals surface area contributed by atoms with E-state index < -0.39 is 0 Å². The third kappa shape index (κ3) is 3.09. The number of benzene rings is 2. The summed E-state index contributed by atoms with van der Waals surface area (Å²) in [5, 5.41) is 1.23. The Balaban J connectivity index is 1.75. The van der Waals surface area contributed by atoms with Crippen LogP contribution in [0.4, 0.5) is 0 Å². The molecule has 6 nitrogen and oxygen atoms in total. The van der Waals surface area contributed by atoms with Gasteiger partial charge >= 0.3 is 0 Å². The summed E-state index contributed by atoms with van der Waals surface area (Å²) in [6.07, 6.45) is 0.747. The Morgan fingerprint density at radius 2 is 1.12 bits per heavy atom. The number of fused-ring (bicyclic) bond motifs is 4. The lowest BCUT2D eigenvalue weighted by Gasteiger charge is -2.21. The number of hydrogen-bond donors (Lipinski definition) is 2. The third-order valence-corrected chi connectivity index (χ3v) is 6.12. The van der Waals surface area contributed by atoms with Gasteiger partial charge in [0.2, 0.25) is 0 Å². The van der Waals surface area contributed by atoms with Crippen molar-refractivity contribution in [2.45, 2.75) is 40.5 Å². The molecule has 0 atom stereocenters. The van der Waals surface area contributed by atoms with E-state index in [-0.39, 0.29) is 10.9 Å². The Morgan fingerprint density at radius 1 is 0.719 bits per heavy atom. The zero-order valence-electron chi connectivity index (χ0n) is 18.8. The summed E-state index contributed by atoms with van der Waals surface area (Å²) in [6.45, 7) is 8.77. The lowest BCUT2D eigenvalue weighted by molar-refractivity contribution is 0.343. The highest BCUT2D eigenvalue weighted by Gasteiger charge is 2.25. The molecule has 0 radical (unpaired) electrons. The quantitative estimate of drug-likeness (QED) is 0.446. The zero-order valence-corrected chi connectivity index (χ0v) is 18.8. The molecule has 5 rings (SSSR count). The van der Waals surface area contributed by atoms with Crippen LogP contribution in [0.1, 0.15) is 47.5 Å². The Hall–Kier alpha value is -3.54. The van der Waals surface area contributed by atoms with Crippen LogP contribution in [-0.4, -0.2) is 23.2 Å². The summed E-state index contributed by atoms with van der Waals surface area (Å²) in [7, 11) is 0. The molecule has 6 heteroatoms. The van der Waals surface area contributed by atoms with E-state index in [1.54, 1.807) is 0 Å². The molecule has 0 saturated heterocycles. The van der Waals surface area contributed by atoms with E-state index in [2.05, 4.69) is 9.97 Å². The summed E-state index contributed by atoms with van der Waals surface area (Å²) < 4.78 is 11.6. The molecule has 0 unspecified atom stereocenters. The molecule has 0 fully saturated rings. The summed E-state index contributed by atoms with van der Waals surface area (Å²) in [6, 6.07) is 7.66. The van der Waals surface area contributed by atoms with Crippen LogP contribution < -0.4 is 20.3 Å². The first-order valence-corrected chi connectivity index (χ1v) is 11.0. The van der Waals surface area contributed by atoms with Crippen molar-refractivity contribution >= 4 is 21.8 Å². The fourth-order valence-corrected chi connectivity index (χ4v) is 4.74. The van der Waals surface area contributed by atoms with Crippen LogP contribution in [0.3, 0.4) is 0 Å². The fraction of sp³-hybridized carbons (Fsp3) is 0.308. The van der Waals surface area contributed by atoms with E-state index in [9.17, 15) is 9.59 Å². The first kappa shape index (κ1) is 20.4. The van der Waals surface area contributed by atoms with Crippen LogP contribution in [0.2, 0.25) is 0 Å². The molecular weight excluding hydrogens is 404 g/mol. The first-order chi connectivity index (χ1) is 15.4. The average Bonchev–Trinajstić information content (AvgIpc) is 2.75. The second kappa shape index (κ2) is 7.55. The minimum absolute atomic E-state index is 0.0149. The van der Waals surface area contributed by atoms with Gasteiger partial charge in [-0.3, -0.25) is 9.59 Å². The maximum absolute atomic E-state index is 13.5. The van der Waals surface area contributed by atoms with Crippen LogP contribution in [0.25, 0.3) is 21.8 Å². The number of pyridine rings is 2. The van der Waals surface area contributed by atoms with Gasteiger partial charge in [0.1, 0.15) is 11.5 Å². The molecule has 0 amide bonds. The molecule has 1 aliphatic rings. The Labute approximate surface area is 185 Å². The van der Waals surface area contributed by atoms with E-state index in [0.717, 1.165) is 22.5 Å². The Bertz CT molecular complexity index is 1400. The molecule has 0 aliphatic heterocycles. The SMILES string of the molecule is CCOc1cc(C)cc2c(=O)c3c([nH]c12)Cc1c([nH]c2c(OCC)cc(C)cc2c1=O)C3. The molecule has 2 heterocycles. The van der Waals surface area contributed by atoms with Crippen molar-refractivity contribution in [2.75, 3.05) is 13.2 Å². The molecule has 0 saturated carbocycles. The third-order valence-electron chi connectivity index (χ3n) is 6.12. The largest absolute Gasteiger partial charge is 0.492 e. The molecule has 0 spiro atoms. The lowest BCUT2D eigenvalue weighted by atomic mass is 9.89. The summed E-state index contributed by atoms with van der Waals surface area (Å²) >= 11 is 0. The molecule has 2 N–H and O–H groups in total. The van der Waals surface area contributed by atoms with Gasteiger partial charge in [-0.25, -0.2) is 0 Å². The van der Waals surface area contributed by atoms with Crippen molar-refractivity contribution in [1.82, 2.24) is 9.97 Å². The normalized spacial score (nSPS) is 12.6. The summed E-state index contributed by atoms with van der Waals surface area (Å²) in [5.74, 6) is 1.33. The van der Waals surface area contributed by atoms with Crippen LogP contribution in [-0.2, 0) is 12.8 Å². The van der Waals surface area contributed by atoms with Gasteiger partial charge in [0.15, 0.2) is 10.9 Å². The Morgan fingerprint density at radius 3 is 1.50 bits per heavy atom.